The summed E-state index contributed by atoms with van der Waals surface area (Å²) in [5.41, 5.74) is 0.892. The van der Waals surface area contributed by atoms with Gasteiger partial charge in [0.15, 0.2) is 0 Å². The molecular weight excluding hydrogens is 180 g/mol. The third-order valence-electron chi connectivity index (χ3n) is 1.70. The lowest BCUT2D eigenvalue weighted by Gasteiger charge is -2.06. The summed E-state index contributed by atoms with van der Waals surface area (Å²) in [5, 5.41) is 6.13. The van der Waals surface area contributed by atoms with Gasteiger partial charge in [0, 0.05) is 24.8 Å². The average molecular weight is 196 g/mol. The molecule has 0 aliphatic heterocycles. The zero-order valence-electron chi connectivity index (χ0n) is 8.79. The highest BCUT2D eigenvalue weighted by molar-refractivity contribution is 5.30. The molecule has 0 aliphatic rings. The second-order valence-electron chi connectivity index (χ2n) is 2.91. The monoisotopic (exact) mass is 196 g/mol. The molecule has 5 heteroatoms. The number of nitrogens with one attached hydrogen (secondary N) is 2. The van der Waals surface area contributed by atoms with Crippen LogP contribution >= 0.6 is 0 Å². The molecule has 1 aromatic heterocycles. The van der Waals surface area contributed by atoms with E-state index in [0.717, 1.165) is 18.8 Å². The second kappa shape index (κ2) is 5.39. The number of rotatable bonds is 5. The van der Waals surface area contributed by atoms with Crippen LogP contribution < -0.4 is 15.4 Å². The van der Waals surface area contributed by atoms with Gasteiger partial charge in [0.25, 0.3) is 0 Å². The third kappa shape index (κ3) is 3.18. The summed E-state index contributed by atoms with van der Waals surface area (Å²) in [5.74, 6) is 1.20. The third-order valence-corrected chi connectivity index (χ3v) is 1.70. The Morgan fingerprint density at radius 2 is 2.14 bits per heavy atom. The molecule has 0 fully saturated rings. The summed E-state index contributed by atoms with van der Waals surface area (Å²) in [6.45, 7) is 3.58. The first-order chi connectivity index (χ1) is 6.76. The molecule has 2 N–H and O–H groups in total. The predicted octanol–water partition coefficient (Wildman–Crippen LogP) is 0.425. The molecule has 0 aliphatic carbocycles. The molecule has 0 spiro atoms. The number of hydrogen-bond acceptors (Lipinski definition) is 5. The van der Waals surface area contributed by atoms with Crippen LogP contribution in [0.4, 0.5) is 5.95 Å². The number of hydrogen-bond donors (Lipinski definition) is 2. The number of ether oxygens (including phenoxy) is 1. The van der Waals surface area contributed by atoms with Crippen molar-refractivity contribution in [2.24, 2.45) is 0 Å². The fourth-order valence-corrected chi connectivity index (χ4v) is 1.02. The van der Waals surface area contributed by atoms with Gasteiger partial charge < -0.3 is 15.4 Å². The van der Waals surface area contributed by atoms with E-state index in [1.807, 2.05) is 14.0 Å². The summed E-state index contributed by atoms with van der Waals surface area (Å²) in [6.07, 6.45) is 0. The van der Waals surface area contributed by atoms with Crippen LogP contribution in [-0.2, 0) is 0 Å². The topological polar surface area (TPSA) is 59.1 Å². The van der Waals surface area contributed by atoms with Gasteiger partial charge in [0.2, 0.25) is 11.8 Å². The Morgan fingerprint density at radius 3 is 2.79 bits per heavy atom. The van der Waals surface area contributed by atoms with Crippen molar-refractivity contribution in [3.63, 3.8) is 0 Å². The molecule has 0 bridgehead atoms. The van der Waals surface area contributed by atoms with Crippen molar-refractivity contribution in [3.8, 4) is 5.88 Å². The quantitative estimate of drug-likeness (QED) is 0.669. The Hall–Kier alpha value is -1.36. The minimum atomic E-state index is 0.587. The molecule has 78 valence electrons. The van der Waals surface area contributed by atoms with Gasteiger partial charge in [-0.3, -0.25) is 0 Å². The first kappa shape index (κ1) is 10.7. The molecule has 1 rings (SSSR count). The van der Waals surface area contributed by atoms with Crippen LogP contribution in [-0.4, -0.2) is 37.2 Å². The maximum Gasteiger partial charge on any atom is 0.226 e. The van der Waals surface area contributed by atoms with Gasteiger partial charge in [0.1, 0.15) is 0 Å². The molecule has 1 aromatic rings. The molecule has 14 heavy (non-hydrogen) atoms. The summed E-state index contributed by atoms with van der Waals surface area (Å²) in [7, 11) is 3.50. The van der Waals surface area contributed by atoms with Crippen LogP contribution in [0.15, 0.2) is 6.07 Å². The van der Waals surface area contributed by atoms with Crippen LogP contribution in [0.1, 0.15) is 5.69 Å². The van der Waals surface area contributed by atoms with Crippen LogP contribution in [0.25, 0.3) is 0 Å². The van der Waals surface area contributed by atoms with Crippen molar-refractivity contribution in [1.82, 2.24) is 15.3 Å². The van der Waals surface area contributed by atoms with E-state index in [1.54, 1.807) is 13.2 Å². The standard InChI is InChI=1S/C9H16N4O/c1-7-6-8(14-3)13-9(12-7)11-5-4-10-2/h6,10H,4-5H2,1-3H3,(H,11,12,13). The maximum atomic E-state index is 5.04. The largest absolute Gasteiger partial charge is 0.481 e. The van der Waals surface area contributed by atoms with Gasteiger partial charge in [-0.05, 0) is 14.0 Å². The lowest BCUT2D eigenvalue weighted by Crippen LogP contribution is -2.19. The lowest BCUT2D eigenvalue weighted by atomic mass is 10.4. The van der Waals surface area contributed by atoms with E-state index < -0.39 is 0 Å². The highest BCUT2D eigenvalue weighted by Gasteiger charge is 2.00. The Kier molecular flexibility index (Phi) is 4.12. The van der Waals surface area contributed by atoms with Crippen molar-refractivity contribution in [2.75, 3.05) is 32.6 Å². The number of anilines is 1. The maximum absolute atomic E-state index is 5.04. The number of nitrogens with zero attached hydrogens (tertiary/aromatic N) is 2. The predicted molar refractivity (Wildman–Crippen MR) is 55.7 cm³/mol. The Morgan fingerprint density at radius 1 is 1.36 bits per heavy atom. The zero-order chi connectivity index (χ0) is 10.4. The fraction of sp³-hybridized carbons (Fsp3) is 0.556. The second-order valence-corrected chi connectivity index (χ2v) is 2.91. The number of likely N-dealkylation sites (N-methyl/N-ethyl adjacent to an activating group) is 1. The van der Waals surface area contributed by atoms with Crippen LogP contribution in [0.3, 0.4) is 0 Å². The van der Waals surface area contributed by atoms with Crippen molar-refractivity contribution in [1.29, 1.82) is 0 Å². The summed E-state index contributed by atoms with van der Waals surface area (Å²) >= 11 is 0. The highest BCUT2D eigenvalue weighted by Crippen LogP contribution is 2.10. The van der Waals surface area contributed by atoms with E-state index in [4.69, 9.17) is 4.74 Å². The zero-order valence-corrected chi connectivity index (χ0v) is 8.79. The molecule has 5 nitrogen and oxygen atoms in total. The number of aryl methyl sites for hydroxylation is 1. The Labute approximate surface area is 83.9 Å². The molecule has 0 atom stereocenters. The van der Waals surface area contributed by atoms with Gasteiger partial charge in [-0.15, -0.1) is 0 Å². The van der Waals surface area contributed by atoms with E-state index in [1.165, 1.54) is 0 Å². The van der Waals surface area contributed by atoms with E-state index in [0.29, 0.717) is 11.8 Å². The number of methoxy groups -OCH3 is 1. The van der Waals surface area contributed by atoms with E-state index in [-0.39, 0.29) is 0 Å². The fourth-order valence-electron chi connectivity index (χ4n) is 1.02. The smallest absolute Gasteiger partial charge is 0.226 e. The van der Waals surface area contributed by atoms with Gasteiger partial charge in [0.05, 0.1) is 7.11 Å². The van der Waals surface area contributed by atoms with Crippen molar-refractivity contribution >= 4 is 5.95 Å². The first-order valence-electron chi connectivity index (χ1n) is 4.54. The van der Waals surface area contributed by atoms with E-state index in [2.05, 4.69) is 20.6 Å². The van der Waals surface area contributed by atoms with Crippen molar-refractivity contribution < 1.29 is 4.74 Å². The molecule has 0 saturated carbocycles. The molecular formula is C9H16N4O. The van der Waals surface area contributed by atoms with Gasteiger partial charge in [-0.25, -0.2) is 4.98 Å². The average Bonchev–Trinajstić information content (AvgIpc) is 2.17. The van der Waals surface area contributed by atoms with E-state index >= 15 is 0 Å². The number of aromatic nitrogens is 2. The molecule has 0 amide bonds. The summed E-state index contributed by atoms with van der Waals surface area (Å²) in [4.78, 5) is 8.38. The van der Waals surface area contributed by atoms with Gasteiger partial charge >= 0.3 is 0 Å². The Bertz CT molecular complexity index is 290. The first-order valence-corrected chi connectivity index (χ1v) is 4.54. The van der Waals surface area contributed by atoms with Crippen LogP contribution in [0, 0.1) is 6.92 Å². The highest BCUT2D eigenvalue weighted by atomic mass is 16.5. The van der Waals surface area contributed by atoms with Crippen molar-refractivity contribution in [2.45, 2.75) is 6.92 Å². The summed E-state index contributed by atoms with van der Waals surface area (Å²) in [6, 6.07) is 1.79. The molecule has 0 unspecified atom stereocenters. The van der Waals surface area contributed by atoms with Gasteiger partial charge in [-0.1, -0.05) is 0 Å². The molecule has 0 aromatic carbocycles. The SMILES string of the molecule is CNCCNc1nc(C)cc(OC)n1. The van der Waals surface area contributed by atoms with Crippen LogP contribution in [0.5, 0.6) is 5.88 Å². The Balaban J connectivity index is 2.62. The minimum Gasteiger partial charge on any atom is -0.481 e. The normalized spacial score (nSPS) is 9.93. The van der Waals surface area contributed by atoms with Crippen molar-refractivity contribution in [3.05, 3.63) is 11.8 Å². The molecule has 1 heterocycles. The van der Waals surface area contributed by atoms with E-state index in [9.17, 15) is 0 Å². The minimum absolute atomic E-state index is 0.587. The summed E-state index contributed by atoms with van der Waals surface area (Å²) < 4.78 is 5.04. The molecule has 0 saturated heterocycles. The molecule has 0 radical (unpaired) electrons. The lowest BCUT2D eigenvalue weighted by molar-refractivity contribution is 0.397. The van der Waals surface area contributed by atoms with Gasteiger partial charge in [-0.2, -0.15) is 4.98 Å². The van der Waals surface area contributed by atoms with Crippen LogP contribution in [0.2, 0.25) is 0 Å².